The largest absolute Gasteiger partial charge is 0.436 e. The van der Waals surface area contributed by atoms with Gasteiger partial charge in [0.25, 0.3) is 11.8 Å². The quantitative estimate of drug-likeness (QED) is 0.755. The SMILES string of the molecule is Fc1cc(F)c(Oc2cc(Cl)cc(Cl)c2)nc1F. The number of halogens is 5. The van der Waals surface area contributed by atoms with Crippen molar-refractivity contribution in [2.75, 3.05) is 0 Å². The zero-order valence-corrected chi connectivity index (χ0v) is 10.1. The van der Waals surface area contributed by atoms with Crippen molar-refractivity contribution >= 4 is 23.2 Å². The van der Waals surface area contributed by atoms with Crippen molar-refractivity contribution in [3.63, 3.8) is 0 Å². The second kappa shape index (κ2) is 5.04. The van der Waals surface area contributed by atoms with Crippen LogP contribution in [0.1, 0.15) is 0 Å². The normalized spacial score (nSPS) is 10.5. The van der Waals surface area contributed by atoms with Gasteiger partial charge in [-0.2, -0.15) is 9.37 Å². The minimum Gasteiger partial charge on any atom is -0.436 e. The molecule has 0 N–H and O–H groups in total. The second-order valence-corrected chi connectivity index (χ2v) is 4.13. The fourth-order valence-corrected chi connectivity index (χ4v) is 1.71. The van der Waals surface area contributed by atoms with Crippen LogP contribution < -0.4 is 4.74 Å². The predicted molar refractivity (Wildman–Crippen MR) is 60.6 cm³/mol. The molecular formula is C11H4Cl2F3NO. The van der Waals surface area contributed by atoms with Gasteiger partial charge in [0.1, 0.15) is 5.75 Å². The number of nitrogens with zero attached hydrogens (tertiary/aromatic N) is 1. The van der Waals surface area contributed by atoms with Crippen LogP contribution in [-0.2, 0) is 0 Å². The maximum absolute atomic E-state index is 13.3. The van der Waals surface area contributed by atoms with Crippen LogP contribution in [0, 0.1) is 17.6 Å². The third kappa shape index (κ3) is 2.86. The van der Waals surface area contributed by atoms with E-state index in [1.807, 2.05) is 0 Å². The van der Waals surface area contributed by atoms with E-state index in [0.29, 0.717) is 6.07 Å². The van der Waals surface area contributed by atoms with Crippen LogP contribution in [0.25, 0.3) is 0 Å². The van der Waals surface area contributed by atoms with E-state index < -0.39 is 23.5 Å². The first-order valence-electron chi connectivity index (χ1n) is 4.61. The summed E-state index contributed by atoms with van der Waals surface area (Å²) in [7, 11) is 0. The highest BCUT2D eigenvalue weighted by Gasteiger charge is 2.14. The van der Waals surface area contributed by atoms with E-state index in [4.69, 9.17) is 27.9 Å². The van der Waals surface area contributed by atoms with Gasteiger partial charge in [0.05, 0.1) is 0 Å². The Morgan fingerprint density at radius 3 is 2.11 bits per heavy atom. The molecule has 1 aromatic heterocycles. The van der Waals surface area contributed by atoms with Gasteiger partial charge in [-0.1, -0.05) is 23.2 Å². The lowest BCUT2D eigenvalue weighted by Gasteiger charge is -2.06. The maximum Gasteiger partial charge on any atom is 0.258 e. The summed E-state index contributed by atoms with van der Waals surface area (Å²) in [6, 6.07) is 4.43. The third-order valence-electron chi connectivity index (χ3n) is 1.91. The lowest BCUT2D eigenvalue weighted by molar-refractivity contribution is 0.387. The second-order valence-electron chi connectivity index (χ2n) is 3.26. The molecule has 1 aromatic carbocycles. The Balaban J connectivity index is 2.36. The summed E-state index contributed by atoms with van der Waals surface area (Å²) in [5.41, 5.74) is 0. The average molecular weight is 294 g/mol. The van der Waals surface area contributed by atoms with Crippen LogP contribution in [0.5, 0.6) is 11.6 Å². The molecule has 0 saturated heterocycles. The number of rotatable bonds is 2. The lowest BCUT2D eigenvalue weighted by atomic mass is 10.3. The Morgan fingerprint density at radius 1 is 0.889 bits per heavy atom. The highest BCUT2D eigenvalue weighted by molar-refractivity contribution is 6.34. The van der Waals surface area contributed by atoms with Crippen molar-refractivity contribution in [1.29, 1.82) is 0 Å². The van der Waals surface area contributed by atoms with Gasteiger partial charge in [0, 0.05) is 16.1 Å². The molecule has 0 radical (unpaired) electrons. The van der Waals surface area contributed by atoms with Crippen molar-refractivity contribution in [3.8, 4) is 11.6 Å². The van der Waals surface area contributed by atoms with Gasteiger partial charge in [-0.3, -0.25) is 0 Å². The molecule has 2 rings (SSSR count). The molecule has 0 fully saturated rings. The summed E-state index contributed by atoms with van der Waals surface area (Å²) >= 11 is 11.4. The number of hydrogen-bond donors (Lipinski definition) is 0. The first kappa shape index (κ1) is 13.0. The van der Waals surface area contributed by atoms with E-state index in [9.17, 15) is 13.2 Å². The minimum absolute atomic E-state index is 0.0601. The fraction of sp³-hybridized carbons (Fsp3) is 0. The summed E-state index contributed by atoms with van der Waals surface area (Å²) in [5, 5.41) is 0.501. The standard InChI is InChI=1S/C11H4Cl2F3NO/c12-5-1-6(13)3-7(2-5)18-11-9(15)4-8(14)10(16)17-11/h1-4H. The number of hydrogen-bond acceptors (Lipinski definition) is 2. The highest BCUT2D eigenvalue weighted by Crippen LogP contribution is 2.29. The van der Waals surface area contributed by atoms with E-state index in [1.165, 1.54) is 18.2 Å². The Bertz CT molecular complexity index is 587. The van der Waals surface area contributed by atoms with Crippen LogP contribution in [0.15, 0.2) is 24.3 Å². The third-order valence-corrected chi connectivity index (χ3v) is 2.34. The molecule has 7 heteroatoms. The molecule has 2 nitrogen and oxygen atoms in total. The van der Waals surface area contributed by atoms with Crippen LogP contribution in [0.3, 0.4) is 0 Å². The Hall–Kier alpha value is -1.46. The first-order chi connectivity index (χ1) is 8.45. The molecule has 2 aromatic rings. The number of ether oxygens (including phenoxy) is 1. The first-order valence-corrected chi connectivity index (χ1v) is 5.37. The molecule has 1 heterocycles. The zero-order valence-electron chi connectivity index (χ0n) is 8.55. The maximum atomic E-state index is 13.3. The van der Waals surface area contributed by atoms with Gasteiger partial charge in [-0.25, -0.2) is 8.78 Å². The van der Waals surface area contributed by atoms with Gasteiger partial charge in [0.2, 0.25) is 0 Å². The summed E-state index contributed by atoms with van der Waals surface area (Å²) in [4.78, 5) is 3.00. The van der Waals surface area contributed by atoms with Crippen LogP contribution in [-0.4, -0.2) is 4.98 Å². The van der Waals surface area contributed by atoms with Crippen molar-refractivity contribution < 1.29 is 17.9 Å². The molecule has 94 valence electrons. The van der Waals surface area contributed by atoms with Crippen molar-refractivity contribution in [2.24, 2.45) is 0 Å². The minimum atomic E-state index is -1.46. The van der Waals surface area contributed by atoms with Gasteiger partial charge in [-0.15, -0.1) is 0 Å². The van der Waals surface area contributed by atoms with E-state index in [-0.39, 0.29) is 15.8 Å². The Kier molecular flexibility index (Phi) is 3.63. The molecule has 0 aliphatic rings. The van der Waals surface area contributed by atoms with Gasteiger partial charge >= 0.3 is 0 Å². The summed E-state index contributed by atoms with van der Waals surface area (Å²) < 4.78 is 43.7. The van der Waals surface area contributed by atoms with Crippen LogP contribution in [0.2, 0.25) is 10.0 Å². The van der Waals surface area contributed by atoms with E-state index in [0.717, 1.165) is 0 Å². The monoisotopic (exact) mass is 293 g/mol. The molecule has 0 spiro atoms. The molecule has 0 unspecified atom stereocenters. The van der Waals surface area contributed by atoms with Gasteiger partial charge in [0.15, 0.2) is 11.6 Å². The molecular weight excluding hydrogens is 290 g/mol. The predicted octanol–water partition coefficient (Wildman–Crippen LogP) is 4.60. The number of pyridine rings is 1. The van der Waals surface area contributed by atoms with E-state index in [1.54, 1.807) is 0 Å². The average Bonchev–Trinajstić information content (AvgIpc) is 2.24. The summed E-state index contributed by atoms with van der Waals surface area (Å²) in [6.45, 7) is 0. The summed E-state index contributed by atoms with van der Waals surface area (Å²) in [5.74, 6) is -4.63. The molecule has 0 amide bonds. The van der Waals surface area contributed by atoms with Gasteiger partial charge in [-0.05, 0) is 18.2 Å². The smallest absolute Gasteiger partial charge is 0.258 e. The lowest BCUT2D eigenvalue weighted by Crippen LogP contribution is -1.98. The molecule has 0 aliphatic heterocycles. The number of aromatic nitrogens is 1. The Labute approximate surface area is 110 Å². The zero-order chi connectivity index (χ0) is 13.3. The summed E-state index contributed by atoms with van der Waals surface area (Å²) in [6.07, 6.45) is 0. The highest BCUT2D eigenvalue weighted by atomic mass is 35.5. The number of benzene rings is 1. The fourth-order valence-electron chi connectivity index (χ4n) is 1.20. The van der Waals surface area contributed by atoms with E-state index >= 15 is 0 Å². The molecule has 0 aliphatic carbocycles. The molecule has 18 heavy (non-hydrogen) atoms. The van der Waals surface area contributed by atoms with Crippen LogP contribution >= 0.6 is 23.2 Å². The van der Waals surface area contributed by atoms with E-state index in [2.05, 4.69) is 4.98 Å². The van der Waals surface area contributed by atoms with Gasteiger partial charge < -0.3 is 4.74 Å². The molecule has 0 saturated carbocycles. The molecule has 0 bridgehead atoms. The van der Waals surface area contributed by atoms with Crippen molar-refractivity contribution in [1.82, 2.24) is 4.98 Å². The van der Waals surface area contributed by atoms with Crippen molar-refractivity contribution in [3.05, 3.63) is 51.9 Å². The Morgan fingerprint density at radius 2 is 1.50 bits per heavy atom. The topological polar surface area (TPSA) is 22.1 Å². The van der Waals surface area contributed by atoms with Crippen LogP contribution in [0.4, 0.5) is 13.2 Å². The van der Waals surface area contributed by atoms with Crippen molar-refractivity contribution in [2.45, 2.75) is 0 Å². The molecule has 0 atom stereocenters.